The molecule has 5 nitrogen and oxygen atoms in total. The van der Waals surface area contributed by atoms with E-state index in [1.165, 1.54) is 18.6 Å². The van der Waals surface area contributed by atoms with Crippen molar-refractivity contribution < 1.29 is 27.2 Å². The van der Waals surface area contributed by atoms with Gasteiger partial charge in [0.15, 0.2) is 0 Å². The average molecular weight is 451 g/mol. The van der Waals surface area contributed by atoms with E-state index in [2.05, 4.69) is 11.4 Å². The topological polar surface area (TPSA) is 61.4 Å². The highest BCUT2D eigenvalue weighted by Crippen LogP contribution is 2.33. The number of carbonyl (C=O) groups is 2. The van der Waals surface area contributed by atoms with Gasteiger partial charge in [-0.3, -0.25) is 9.59 Å². The first-order valence-electron chi connectivity index (χ1n) is 10.3. The standard InChI is InChI=1S/C23H25F4N3O2/c1-14-18(24)10-16(22(32)29-13-23(25,26)27)11-19(14)28-12-21(31)30(2)20-9-5-7-15-6-3-4-8-17(15)20/h3-4,6,8,10-11,20,28H,5,7,9,12-13H2,1-2H3,(H,29,32). The van der Waals surface area contributed by atoms with Gasteiger partial charge in [0, 0.05) is 23.9 Å². The van der Waals surface area contributed by atoms with Gasteiger partial charge >= 0.3 is 6.18 Å². The molecule has 3 rings (SSSR count). The number of fused-ring (bicyclic) bond motifs is 1. The molecule has 0 aliphatic heterocycles. The summed E-state index contributed by atoms with van der Waals surface area (Å²) in [5.74, 6) is -2.03. The Labute approximate surface area is 183 Å². The molecular weight excluding hydrogens is 426 g/mol. The molecule has 1 aliphatic carbocycles. The normalized spacial score (nSPS) is 15.6. The number of hydrogen-bond acceptors (Lipinski definition) is 3. The van der Waals surface area contributed by atoms with Crippen LogP contribution in [0.25, 0.3) is 0 Å². The van der Waals surface area contributed by atoms with Gasteiger partial charge in [0.1, 0.15) is 12.4 Å². The van der Waals surface area contributed by atoms with Crippen molar-refractivity contribution in [3.63, 3.8) is 0 Å². The number of nitrogens with one attached hydrogen (secondary N) is 2. The molecule has 0 fully saturated rings. The van der Waals surface area contributed by atoms with E-state index >= 15 is 0 Å². The lowest BCUT2D eigenvalue weighted by molar-refractivity contribution is -0.130. The minimum absolute atomic E-state index is 0.0634. The zero-order valence-corrected chi connectivity index (χ0v) is 17.9. The lowest BCUT2D eigenvalue weighted by Crippen LogP contribution is -2.37. The Morgan fingerprint density at radius 3 is 2.62 bits per heavy atom. The van der Waals surface area contributed by atoms with E-state index in [1.54, 1.807) is 17.3 Å². The summed E-state index contributed by atoms with van der Waals surface area (Å²) in [6, 6.07) is 10.0. The second-order valence-corrected chi connectivity index (χ2v) is 7.89. The summed E-state index contributed by atoms with van der Waals surface area (Å²) < 4.78 is 51.3. The molecule has 1 unspecified atom stereocenters. The maximum Gasteiger partial charge on any atom is 0.405 e. The molecule has 32 heavy (non-hydrogen) atoms. The number of aryl methyl sites for hydroxylation is 1. The number of anilines is 1. The van der Waals surface area contributed by atoms with Crippen molar-refractivity contribution in [1.29, 1.82) is 0 Å². The summed E-state index contributed by atoms with van der Waals surface area (Å²) in [7, 11) is 1.71. The van der Waals surface area contributed by atoms with Crippen LogP contribution in [0.1, 0.15) is 45.9 Å². The van der Waals surface area contributed by atoms with Crippen LogP contribution >= 0.6 is 0 Å². The van der Waals surface area contributed by atoms with Gasteiger partial charge in [-0.2, -0.15) is 13.2 Å². The maximum absolute atomic E-state index is 14.3. The fourth-order valence-corrected chi connectivity index (χ4v) is 3.88. The van der Waals surface area contributed by atoms with Gasteiger partial charge < -0.3 is 15.5 Å². The van der Waals surface area contributed by atoms with E-state index in [9.17, 15) is 27.2 Å². The predicted octanol–water partition coefficient (Wildman–Crippen LogP) is 4.37. The second-order valence-electron chi connectivity index (χ2n) is 7.89. The molecule has 0 spiro atoms. The minimum Gasteiger partial charge on any atom is -0.376 e. The summed E-state index contributed by atoms with van der Waals surface area (Å²) in [5.41, 5.74) is 2.40. The van der Waals surface area contributed by atoms with Gasteiger partial charge in [-0.05, 0) is 49.4 Å². The molecule has 172 valence electrons. The van der Waals surface area contributed by atoms with E-state index in [1.807, 2.05) is 18.2 Å². The Balaban J connectivity index is 1.69. The van der Waals surface area contributed by atoms with E-state index < -0.39 is 24.4 Å². The molecule has 2 amide bonds. The summed E-state index contributed by atoms with van der Waals surface area (Å²) in [4.78, 5) is 26.5. The molecule has 9 heteroatoms. The van der Waals surface area contributed by atoms with Crippen molar-refractivity contribution in [1.82, 2.24) is 10.2 Å². The van der Waals surface area contributed by atoms with Crippen molar-refractivity contribution in [2.24, 2.45) is 0 Å². The van der Waals surface area contributed by atoms with E-state index in [0.29, 0.717) is 0 Å². The van der Waals surface area contributed by atoms with Crippen LogP contribution in [0.15, 0.2) is 36.4 Å². The molecule has 0 radical (unpaired) electrons. The smallest absolute Gasteiger partial charge is 0.376 e. The van der Waals surface area contributed by atoms with Crippen LogP contribution in [0.2, 0.25) is 0 Å². The Hall–Kier alpha value is -3.10. The fourth-order valence-electron chi connectivity index (χ4n) is 3.88. The Morgan fingerprint density at radius 2 is 1.91 bits per heavy atom. The van der Waals surface area contributed by atoms with E-state index in [4.69, 9.17) is 0 Å². The van der Waals surface area contributed by atoms with Crippen molar-refractivity contribution in [3.05, 3.63) is 64.5 Å². The largest absolute Gasteiger partial charge is 0.405 e. The maximum atomic E-state index is 14.3. The summed E-state index contributed by atoms with van der Waals surface area (Å²) in [5, 5.41) is 4.55. The lowest BCUT2D eigenvalue weighted by atomic mass is 9.87. The van der Waals surface area contributed by atoms with Crippen molar-refractivity contribution in [2.75, 3.05) is 25.5 Å². The second kappa shape index (κ2) is 9.58. The molecule has 2 aromatic carbocycles. The van der Waals surface area contributed by atoms with Gasteiger partial charge in [-0.15, -0.1) is 0 Å². The number of benzene rings is 2. The van der Waals surface area contributed by atoms with Crippen molar-refractivity contribution in [2.45, 2.75) is 38.4 Å². The number of amides is 2. The molecule has 2 N–H and O–H groups in total. The molecule has 0 saturated carbocycles. The predicted molar refractivity (Wildman–Crippen MR) is 113 cm³/mol. The van der Waals surface area contributed by atoms with Crippen LogP contribution in [0.4, 0.5) is 23.2 Å². The van der Waals surface area contributed by atoms with Gasteiger partial charge in [0.25, 0.3) is 5.91 Å². The first kappa shape index (κ1) is 23.6. The monoisotopic (exact) mass is 451 g/mol. The van der Waals surface area contributed by atoms with Gasteiger partial charge in [-0.1, -0.05) is 24.3 Å². The van der Waals surface area contributed by atoms with Crippen molar-refractivity contribution >= 4 is 17.5 Å². The summed E-state index contributed by atoms with van der Waals surface area (Å²) >= 11 is 0. The number of rotatable bonds is 6. The summed E-state index contributed by atoms with van der Waals surface area (Å²) in [6.07, 6.45) is -1.81. The molecule has 1 aliphatic rings. The quantitative estimate of drug-likeness (QED) is 0.641. The average Bonchev–Trinajstić information content (AvgIpc) is 2.76. The SMILES string of the molecule is Cc1c(F)cc(C(=O)NCC(F)(F)F)cc1NCC(=O)N(C)C1CCCc2ccccc21. The molecular formula is C23H25F4N3O2. The highest BCUT2D eigenvalue weighted by Gasteiger charge is 2.29. The number of nitrogens with zero attached hydrogens (tertiary/aromatic N) is 1. The number of hydrogen-bond donors (Lipinski definition) is 2. The van der Waals surface area contributed by atoms with Crippen LogP contribution in [-0.2, 0) is 11.2 Å². The third kappa shape index (κ3) is 5.57. The first-order valence-corrected chi connectivity index (χ1v) is 10.3. The molecule has 0 saturated heterocycles. The molecule has 0 heterocycles. The Kier molecular flexibility index (Phi) is 7.06. The molecule has 0 aromatic heterocycles. The van der Waals surface area contributed by atoms with Gasteiger partial charge in [-0.25, -0.2) is 4.39 Å². The fraction of sp³-hybridized carbons (Fsp3) is 0.391. The molecule has 0 bridgehead atoms. The Morgan fingerprint density at radius 1 is 1.19 bits per heavy atom. The van der Waals surface area contributed by atoms with Crippen LogP contribution in [0.3, 0.4) is 0 Å². The first-order chi connectivity index (χ1) is 15.1. The lowest BCUT2D eigenvalue weighted by Gasteiger charge is -2.33. The van der Waals surface area contributed by atoms with Crippen molar-refractivity contribution in [3.8, 4) is 0 Å². The van der Waals surface area contributed by atoms with Gasteiger partial charge in [0.05, 0.1) is 12.6 Å². The number of likely N-dealkylation sites (N-methyl/N-ethyl adjacent to an activating group) is 1. The number of alkyl halides is 3. The highest BCUT2D eigenvalue weighted by atomic mass is 19.4. The molecule has 2 aromatic rings. The summed E-state index contributed by atoms with van der Waals surface area (Å²) in [6.45, 7) is -0.208. The van der Waals surface area contributed by atoms with Crippen LogP contribution in [-0.4, -0.2) is 43.0 Å². The third-order valence-electron chi connectivity index (χ3n) is 5.68. The Bertz CT molecular complexity index is 1010. The van der Waals surface area contributed by atoms with Crippen LogP contribution in [0.5, 0.6) is 0 Å². The number of halogens is 4. The number of carbonyl (C=O) groups excluding carboxylic acids is 2. The van der Waals surface area contributed by atoms with E-state index in [0.717, 1.165) is 30.9 Å². The van der Waals surface area contributed by atoms with Crippen LogP contribution in [0, 0.1) is 12.7 Å². The zero-order valence-electron chi connectivity index (χ0n) is 17.9. The highest BCUT2D eigenvalue weighted by molar-refractivity contribution is 5.95. The molecule has 1 atom stereocenters. The minimum atomic E-state index is -4.57. The zero-order chi connectivity index (χ0) is 23.5. The third-order valence-corrected chi connectivity index (χ3v) is 5.68. The van der Waals surface area contributed by atoms with E-state index in [-0.39, 0.29) is 35.3 Å². The van der Waals surface area contributed by atoms with Crippen LogP contribution < -0.4 is 10.6 Å². The van der Waals surface area contributed by atoms with Gasteiger partial charge in [0.2, 0.25) is 5.91 Å².